The molecule has 7 heavy (non-hydrogen) atoms. The summed E-state index contributed by atoms with van der Waals surface area (Å²) >= 11 is 0. The van der Waals surface area contributed by atoms with Crippen LogP contribution < -0.4 is 12.4 Å². The number of halogens is 1. The van der Waals surface area contributed by atoms with Gasteiger partial charge in [0.05, 0.1) is 0 Å². The molecule has 0 radical (unpaired) electrons. The van der Waals surface area contributed by atoms with Crippen LogP contribution in [-0.4, -0.2) is 23.1 Å². The zero-order valence-electron chi connectivity index (χ0n) is 4.23. The molecule has 2 heteroatoms. The van der Waals surface area contributed by atoms with Gasteiger partial charge in [-0.3, -0.25) is 0 Å². The fraction of sp³-hybridized carbons (Fsp3) is 0.400. The maximum Gasteiger partial charge on any atom is 2.00 e. The van der Waals surface area contributed by atoms with E-state index in [1.54, 1.807) is 0 Å². The van der Waals surface area contributed by atoms with E-state index in [1.165, 1.54) is 12.8 Å². The van der Waals surface area contributed by atoms with E-state index in [9.17, 15) is 0 Å². The van der Waals surface area contributed by atoms with E-state index in [0.29, 0.717) is 0 Å². The predicted octanol–water partition coefficient (Wildman–Crippen LogP) is -1.84. The van der Waals surface area contributed by atoms with Crippen LogP contribution in [0.15, 0.2) is 12.2 Å². The molecule has 0 aromatic carbocycles. The second-order valence-corrected chi connectivity index (χ2v) is 1.24. The summed E-state index contributed by atoms with van der Waals surface area (Å²) in [5.41, 5.74) is 0. The van der Waals surface area contributed by atoms with Gasteiger partial charge in [0.15, 0.2) is 0 Å². The predicted molar refractivity (Wildman–Crippen MR) is 28.4 cm³/mol. The molecule has 0 spiro atoms. The van der Waals surface area contributed by atoms with Crippen LogP contribution in [0.3, 0.4) is 0 Å². The summed E-state index contributed by atoms with van der Waals surface area (Å²) in [6.45, 7) is 0. The van der Waals surface area contributed by atoms with Crippen LogP contribution in [0, 0.1) is 6.42 Å². The molecule has 0 aromatic heterocycles. The molecule has 1 aliphatic rings. The summed E-state index contributed by atoms with van der Waals surface area (Å²) in [6.07, 6.45) is 9.00. The fourth-order valence-electron chi connectivity index (χ4n) is 0.481. The number of rotatable bonds is 0. The molecular weight excluding hydrogens is 120 g/mol. The molecule has 0 nitrogen and oxygen atoms in total. The standard InChI is InChI=1S/C5H7.ClH.Mg/c1-2-4-5-3-1;;/h1-3H,4-5H2;1H;/q-1;;+2/p-1. The van der Waals surface area contributed by atoms with E-state index in [2.05, 4.69) is 18.6 Å². The summed E-state index contributed by atoms with van der Waals surface area (Å²) in [7, 11) is 0. The monoisotopic (exact) mass is 126 g/mol. The SMILES string of the molecule is C1=CCC[CH-]1.[Cl-].[Mg+2]. The van der Waals surface area contributed by atoms with Gasteiger partial charge in [-0.25, -0.2) is 18.6 Å². The van der Waals surface area contributed by atoms with E-state index in [4.69, 9.17) is 0 Å². The third-order valence-corrected chi connectivity index (χ3v) is 0.772. The van der Waals surface area contributed by atoms with E-state index in [0.717, 1.165) is 0 Å². The molecule has 0 bridgehead atoms. The molecule has 36 valence electrons. The van der Waals surface area contributed by atoms with Crippen molar-refractivity contribution < 1.29 is 12.4 Å². The van der Waals surface area contributed by atoms with Crippen LogP contribution >= 0.6 is 0 Å². The van der Waals surface area contributed by atoms with Crippen molar-refractivity contribution in [3.63, 3.8) is 0 Å². The maximum atomic E-state index is 2.18. The second-order valence-electron chi connectivity index (χ2n) is 1.24. The quantitative estimate of drug-likeness (QED) is 0.265. The van der Waals surface area contributed by atoms with E-state index >= 15 is 0 Å². The van der Waals surface area contributed by atoms with Crippen LogP contribution in [0.4, 0.5) is 0 Å². The van der Waals surface area contributed by atoms with Gasteiger partial charge in [-0.2, -0.15) is 0 Å². The Morgan fingerprint density at radius 1 is 1.43 bits per heavy atom. The Hall–Kier alpha value is 0.666. The maximum absolute atomic E-state index is 2.18. The number of hydrogen-bond donors (Lipinski definition) is 0. The Labute approximate surface area is 66.9 Å². The van der Waals surface area contributed by atoms with Gasteiger partial charge < -0.3 is 12.4 Å². The first-order valence-electron chi connectivity index (χ1n) is 1.98. The van der Waals surface area contributed by atoms with Crippen molar-refractivity contribution in [1.82, 2.24) is 0 Å². The fourth-order valence-corrected chi connectivity index (χ4v) is 0.481. The van der Waals surface area contributed by atoms with Crippen molar-refractivity contribution in [3.05, 3.63) is 18.6 Å². The molecule has 0 saturated heterocycles. The van der Waals surface area contributed by atoms with Gasteiger partial charge in [-0.15, -0.1) is 12.8 Å². The van der Waals surface area contributed by atoms with Gasteiger partial charge in [-0.1, -0.05) is 0 Å². The van der Waals surface area contributed by atoms with Gasteiger partial charge in [-0.05, 0) is 0 Å². The first-order valence-corrected chi connectivity index (χ1v) is 1.98. The minimum Gasteiger partial charge on any atom is -1.00 e. The molecule has 0 saturated carbocycles. The number of hydrogen-bond acceptors (Lipinski definition) is 0. The van der Waals surface area contributed by atoms with Gasteiger partial charge in [0, 0.05) is 0 Å². The average molecular weight is 127 g/mol. The Morgan fingerprint density at radius 2 is 2.14 bits per heavy atom. The molecule has 0 atom stereocenters. The summed E-state index contributed by atoms with van der Waals surface area (Å²) < 4.78 is 0. The van der Waals surface area contributed by atoms with Crippen molar-refractivity contribution >= 4 is 23.1 Å². The normalized spacial score (nSPS) is 13.7. The molecule has 0 heterocycles. The van der Waals surface area contributed by atoms with Crippen LogP contribution in [0.2, 0.25) is 0 Å². The summed E-state index contributed by atoms with van der Waals surface area (Å²) in [5, 5.41) is 0. The third-order valence-electron chi connectivity index (χ3n) is 0.772. The molecule has 1 aliphatic carbocycles. The molecular formula is C5H7ClMg. The van der Waals surface area contributed by atoms with Crippen molar-refractivity contribution in [2.75, 3.05) is 0 Å². The largest absolute Gasteiger partial charge is 2.00 e. The molecule has 0 amide bonds. The first kappa shape index (κ1) is 10.6. The Balaban J connectivity index is 0. The molecule has 0 aliphatic heterocycles. The minimum absolute atomic E-state index is 0. The Kier molecular flexibility index (Phi) is 10.1. The first-order chi connectivity index (χ1) is 2.50. The van der Waals surface area contributed by atoms with Gasteiger partial charge >= 0.3 is 23.1 Å². The average Bonchev–Trinajstić information content (AvgIpc) is 1.76. The topological polar surface area (TPSA) is 0 Å². The van der Waals surface area contributed by atoms with Gasteiger partial charge in [0.25, 0.3) is 0 Å². The van der Waals surface area contributed by atoms with Crippen LogP contribution in [0.25, 0.3) is 0 Å². The summed E-state index contributed by atoms with van der Waals surface area (Å²) in [6, 6.07) is 0. The van der Waals surface area contributed by atoms with E-state index in [-0.39, 0.29) is 35.5 Å². The molecule has 0 unspecified atom stereocenters. The van der Waals surface area contributed by atoms with E-state index in [1.807, 2.05) is 0 Å². The van der Waals surface area contributed by atoms with Gasteiger partial charge in [0.2, 0.25) is 0 Å². The van der Waals surface area contributed by atoms with Crippen LogP contribution in [0.1, 0.15) is 12.8 Å². The minimum atomic E-state index is 0. The smallest absolute Gasteiger partial charge is 1.00 e. The summed E-state index contributed by atoms with van der Waals surface area (Å²) in [5.74, 6) is 0. The van der Waals surface area contributed by atoms with Crippen LogP contribution in [0.5, 0.6) is 0 Å². The number of allylic oxidation sites excluding steroid dienone is 2. The molecule has 0 fully saturated rings. The third kappa shape index (κ3) is 4.52. The van der Waals surface area contributed by atoms with Gasteiger partial charge in [0.1, 0.15) is 0 Å². The molecule has 0 aromatic rings. The zero-order valence-corrected chi connectivity index (χ0v) is 6.40. The van der Waals surface area contributed by atoms with Crippen molar-refractivity contribution in [2.24, 2.45) is 0 Å². The molecule has 0 N–H and O–H groups in total. The van der Waals surface area contributed by atoms with Crippen molar-refractivity contribution in [2.45, 2.75) is 12.8 Å². The van der Waals surface area contributed by atoms with Crippen molar-refractivity contribution in [1.29, 1.82) is 0 Å². The Morgan fingerprint density at radius 3 is 2.29 bits per heavy atom. The second kappa shape index (κ2) is 6.67. The summed E-state index contributed by atoms with van der Waals surface area (Å²) in [4.78, 5) is 0. The van der Waals surface area contributed by atoms with Crippen molar-refractivity contribution in [3.8, 4) is 0 Å². The van der Waals surface area contributed by atoms with Crippen LogP contribution in [-0.2, 0) is 0 Å². The Bertz CT molecular complexity index is 46.0. The van der Waals surface area contributed by atoms with E-state index < -0.39 is 0 Å². The molecule has 1 rings (SSSR count). The zero-order chi connectivity index (χ0) is 3.54.